The lowest BCUT2D eigenvalue weighted by molar-refractivity contribution is 0.626. The highest BCUT2D eigenvalue weighted by Crippen LogP contribution is 2.22. The van der Waals surface area contributed by atoms with E-state index in [1.807, 2.05) is 30.5 Å². The van der Waals surface area contributed by atoms with Gasteiger partial charge in [-0.25, -0.2) is 4.39 Å². The summed E-state index contributed by atoms with van der Waals surface area (Å²) in [7, 11) is 0. The number of aromatic nitrogens is 1. The van der Waals surface area contributed by atoms with Gasteiger partial charge >= 0.3 is 0 Å². The van der Waals surface area contributed by atoms with Gasteiger partial charge in [-0.15, -0.1) is 0 Å². The minimum atomic E-state index is -0.331. The Morgan fingerprint density at radius 2 is 2.00 bits per heavy atom. The van der Waals surface area contributed by atoms with Crippen LogP contribution in [0.5, 0.6) is 0 Å². The van der Waals surface area contributed by atoms with E-state index in [9.17, 15) is 4.39 Å². The molecular weight excluding hydrogens is 307 g/mol. The van der Waals surface area contributed by atoms with Crippen LogP contribution >= 0.6 is 23.8 Å². The number of rotatable bonds is 3. The average Bonchev–Trinajstić information content (AvgIpc) is 2.84. The van der Waals surface area contributed by atoms with Crippen LogP contribution in [0.3, 0.4) is 0 Å². The van der Waals surface area contributed by atoms with Gasteiger partial charge in [0.2, 0.25) is 0 Å². The van der Waals surface area contributed by atoms with Crippen molar-refractivity contribution in [2.75, 3.05) is 0 Å². The van der Waals surface area contributed by atoms with E-state index in [0.717, 1.165) is 22.0 Å². The van der Waals surface area contributed by atoms with Crippen molar-refractivity contribution in [3.05, 3.63) is 70.6 Å². The van der Waals surface area contributed by atoms with Crippen molar-refractivity contribution in [1.29, 1.82) is 0 Å². The smallest absolute Gasteiger partial charge is 0.124 e. The van der Waals surface area contributed by atoms with Crippen LogP contribution in [0.25, 0.3) is 10.9 Å². The van der Waals surface area contributed by atoms with Gasteiger partial charge in [0.25, 0.3) is 0 Å². The minimum absolute atomic E-state index is 0.331. The van der Waals surface area contributed by atoms with E-state index in [-0.39, 0.29) is 5.82 Å². The zero-order valence-corrected chi connectivity index (χ0v) is 12.6. The fraction of sp³-hybridized carbons (Fsp3) is 0.0625. The third-order valence-electron chi connectivity index (χ3n) is 3.41. The standard InChI is InChI=1S/C16H12ClFN2S/c17-14-8-13(18)3-1-12(14)9-20-6-5-10-7-11(16(19)21)2-4-15(10)20/h1-8H,9H2,(H2,19,21). The van der Waals surface area contributed by atoms with Gasteiger partial charge in [0.1, 0.15) is 10.8 Å². The highest BCUT2D eigenvalue weighted by molar-refractivity contribution is 7.80. The Hall–Kier alpha value is -1.91. The maximum Gasteiger partial charge on any atom is 0.124 e. The summed E-state index contributed by atoms with van der Waals surface area (Å²) < 4.78 is 15.1. The molecule has 0 fully saturated rings. The SMILES string of the molecule is NC(=S)c1ccc2c(ccn2Cc2ccc(F)cc2Cl)c1. The first-order valence-electron chi connectivity index (χ1n) is 6.37. The van der Waals surface area contributed by atoms with Crippen molar-refractivity contribution in [1.82, 2.24) is 4.57 Å². The highest BCUT2D eigenvalue weighted by atomic mass is 35.5. The van der Waals surface area contributed by atoms with Crippen LogP contribution in [0.4, 0.5) is 4.39 Å². The third kappa shape index (κ3) is 2.77. The Balaban J connectivity index is 1.99. The van der Waals surface area contributed by atoms with Crippen molar-refractivity contribution in [2.24, 2.45) is 5.73 Å². The van der Waals surface area contributed by atoms with E-state index in [1.165, 1.54) is 12.1 Å². The molecule has 2 aromatic carbocycles. The molecule has 0 radical (unpaired) electrons. The van der Waals surface area contributed by atoms with Crippen LogP contribution in [-0.2, 0) is 6.54 Å². The van der Waals surface area contributed by atoms with Gasteiger partial charge in [-0.05, 0) is 42.0 Å². The summed E-state index contributed by atoms with van der Waals surface area (Å²) in [5.41, 5.74) is 8.40. The molecule has 0 atom stereocenters. The van der Waals surface area contributed by atoms with Gasteiger partial charge in [0, 0.05) is 34.2 Å². The van der Waals surface area contributed by atoms with Gasteiger partial charge in [0.15, 0.2) is 0 Å². The molecule has 3 rings (SSSR count). The second-order valence-corrected chi connectivity index (χ2v) is 5.66. The molecule has 5 heteroatoms. The van der Waals surface area contributed by atoms with Crippen LogP contribution in [0.15, 0.2) is 48.7 Å². The molecule has 0 saturated heterocycles. The van der Waals surface area contributed by atoms with Gasteiger partial charge in [-0.3, -0.25) is 0 Å². The Kier molecular flexibility index (Phi) is 3.66. The normalized spacial score (nSPS) is 11.0. The van der Waals surface area contributed by atoms with Gasteiger partial charge in [-0.2, -0.15) is 0 Å². The summed E-state index contributed by atoms with van der Waals surface area (Å²) in [4.78, 5) is 0.381. The maximum absolute atomic E-state index is 13.1. The summed E-state index contributed by atoms with van der Waals surface area (Å²) in [6.45, 7) is 0.578. The summed E-state index contributed by atoms with van der Waals surface area (Å²) in [6, 6.07) is 12.3. The monoisotopic (exact) mass is 318 g/mol. The summed E-state index contributed by atoms with van der Waals surface area (Å²) in [6.07, 6.45) is 1.97. The van der Waals surface area contributed by atoms with Crippen molar-refractivity contribution < 1.29 is 4.39 Å². The Bertz CT molecular complexity index is 841. The number of halogens is 2. The topological polar surface area (TPSA) is 30.9 Å². The number of nitrogens with zero attached hydrogens (tertiary/aromatic N) is 1. The lowest BCUT2D eigenvalue weighted by Gasteiger charge is -2.08. The molecule has 21 heavy (non-hydrogen) atoms. The Morgan fingerprint density at radius 3 is 2.71 bits per heavy atom. The van der Waals surface area contributed by atoms with Gasteiger partial charge in [-0.1, -0.05) is 29.9 Å². The summed E-state index contributed by atoms with van der Waals surface area (Å²) >= 11 is 11.1. The van der Waals surface area contributed by atoms with E-state index in [1.54, 1.807) is 6.07 Å². The third-order valence-corrected chi connectivity index (χ3v) is 4.00. The van der Waals surface area contributed by atoms with Crippen LogP contribution < -0.4 is 5.73 Å². The average molecular weight is 319 g/mol. The lowest BCUT2D eigenvalue weighted by atomic mass is 10.1. The molecule has 3 aromatic rings. The van der Waals surface area contributed by atoms with Crippen molar-refractivity contribution in [3.8, 4) is 0 Å². The summed E-state index contributed by atoms with van der Waals surface area (Å²) in [5, 5.41) is 1.48. The largest absolute Gasteiger partial charge is 0.389 e. The van der Waals surface area contributed by atoms with Gasteiger partial charge < -0.3 is 10.3 Å². The second-order valence-electron chi connectivity index (χ2n) is 4.82. The minimum Gasteiger partial charge on any atom is -0.389 e. The van der Waals surface area contributed by atoms with Crippen LogP contribution in [-0.4, -0.2) is 9.56 Å². The van der Waals surface area contributed by atoms with Crippen LogP contribution in [0.2, 0.25) is 5.02 Å². The highest BCUT2D eigenvalue weighted by Gasteiger charge is 2.07. The molecule has 2 N–H and O–H groups in total. The van der Waals surface area contributed by atoms with E-state index < -0.39 is 0 Å². The number of benzene rings is 2. The number of fused-ring (bicyclic) bond motifs is 1. The second kappa shape index (κ2) is 5.47. The molecule has 1 aromatic heterocycles. The predicted octanol–water partition coefficient (Wildman–Crippen LogP) is 4.12. The maximum atomic E-state index is 13.1. The molecule has 0 aliphatic rings. The number of thiocarbonyl (C=S) groups is 1. The fourth-order valence-corrected chi connectivity index (χ4v) is 2.68. The molecule has 0 amide bonds. The van der Waals surface area contributed by atoms with E-state index in [0.29, 0.717) is 16.6 Å². The van der Waals surface area contributed by atoms with Gasteiger partial charge in [0.05, 0.1) is 0 Å². The number of nitrogens with two attached hydrogens (primary N) is 1. The molecule has 0 unspecified atom stereocenters. The summed E-state index contributed by atoms with van der Waals surface area (Å²) in [5.74, 6) is -0.331. The van der Waals surface area contributed by atoms with Crippen LogP contribution in [0.1, 0.15) is 11.1 Å². The molecule has 0 aliphatic carbocycles. The molecule has 106 valence electrons. The molecule has 2 nitrogen and oxygen atoms in total. The molecular formula is C16H12ClFN2S. The predicted molar refractivity (Wildman–Crippen MR) is 88.3 cm³/mol. The number of hydrogen-bond acceptors (Lipinski definition) is 1. The molecule has 0 saturated carbocycles. The number of hydrogen-bond donors (Lipinski definition) is 1. The molecule has 1 heterocycles. The van der Waals surface area contributed by atoms with Crippen molar-refractivity contribution in [2.45, 2.75) is 6.54 Å². The molecule has 0 bridgehead atoms. The first-order chi connectivity index (χ1) is 10.0. The Labute approximate surface area is 131 Å². The molecule has 0 spiro atoms. The lowest BCUT2D eigenvalue weighted by Crippen LogP contribution is -2.08. The fourth-order valence-electron chi connectivity index (χ4n) is 2.32. The van der Waals surface area contributed by atoms with E-state index in [4.69, 9.17) is 29.6 Å². The van der Waals surface area contributed by atoms with Crippen molar-refractivity contribution >= 4 is 39.7 Å². The van der Waals surface area contributed by atoms with E-state index >= 15 is 0 Å². The first kappa shape index (κ1) is 14.0. The van der Waals surface area contributed by atoms with Crippen LogP contribution in [0, 0.1) is 5.82 Å². The quantitative estimate of drug-likeness (QED) is 0.737. The zero-order chi connectivity index (χ0) is 15.0. The van der Waals surface area contributed by atoms with E-state index in [2.05, 4.69) is 4.57 Å². The Morgan fingerprint density at radius 1 is 1.19 bits per heavy atom. The first-order valence-corrected chi connectivity index (χ1v) is 7.16. The zero-order valence-electron chi connectivity index (χ0n) is 11.0. The van der Waals surface area contributed by atoms with Crippen molar-refractivity contribution in [3.63, 3.8) is 0 Å². The molecule has 0 aliphatic heterocycles.